The van der Waals surface area contributed by atoms with Crippen LogP contribution >= 0.6 is 11.6 Å². The highest BCUT2D eigenvalue weighted by Gasteiger charge is 2.18. The topological polar surface area (TPSA) is 30.2 Å². The molecule has 0 saturated heterocycles. The molecule has 19 heavy (non-hydrogen) atoms. The molecule has 0 spiro atoms. The minimum atomic E-state index is -0.115. The lowest BCUT2D eigenvalue weighted by atomic mass is 9.99. The van der Waals surface area contributed by atoms with Gasteiger partial charge in [0.2, 0.25) is 5.78 Å². The van der Waals surface area contributed by atoms with Gasteiger partial charge in [0.1, 0.15) is 0 Å². The van der Waals surface area contributed by atoms with Gasteiger partial charge in [-0.25, -0.2) is 0 Å². The van der Waals surface area contributed by atoms with Crippen LogP contribution in [-0.2, 0) is 0 Å². The quantitative estimate of drug-likeness (QED) is 0.636. The molecule has 0 aliphatic carbocycles. The molecule has 0 N–H and O–H groups in total. The van der Waals surface area contributed by atoms with E-state index < -0.39 is 0 Å². The van der Waals surface area contributed by atoms with Crippen molar-refractivity contribution in [3.8, 4) is 0 Å². The predicted octanol–water partition coefficient (Wildman–Crippen LogP) is 4.63. The number of hydrogen-bond donors (Lipinski definition) is 0. The summed E-state index contributed by atoms with van der Waals surface area (Å²) in [6.07, 6.45) is 1.53. The molecule has 3 rings (SSSR count). The zero-order chi connectivity index (χ0) is 13.4. The Balaban J connectivity index is 2.24. The average molecular weight is 271 g/mol. The van der Waals surface area contributed by atoms with Crippen LogP contribution in [0.5, 0.6) is 0 Å². The second kappa shape index (κ2) is 4.56. The molecular weight excluding hydrogens is 260 g/mol. The van der Waals surface area contributed by atoms with E-state index in [4.69, 9.17) is 16.0 Å². The first kappa shape index (κ1) is 12.0. The van der Waals surface area contributed by atoms with Gasteiger partial charge in [-0.3, -0.25) is 4.79 Å². The van der Waals surface area contributed by atoms with Crippen molar-refractivity contribution >= 4 is 28.2 Å². The Morgan fingerprint density at radius 3 is 2.47 bits per heavy atom. The highest BCUT2D eigenvalue weighted by Crippen LogP contribution is 2.28. The first-order valence-electron chi connectivity index (χ1n) is 5.94. The number of fused-ring (bicyclic) bond motifs is 1. The predicted molar refractivity (Wildman–Crippen MR) is 75.8 cm³/mol. The van der Waals surface area contributed by atoms with Crippen LogP contribution in [0.25, 0.3) is 10.8 Å². The summed E-state index contributed by atoms with van der Waals surface area (Å²) >= 11 is 6.16. The summed E-state index contributed by atoms with van der Waals surface area (Å²) in [5.41, 5.74) is 1.45. The smallest absolute Gasteiger partial charge is 0.229 e. The van der Waals surface area contributed by atoms with E-state index in [0.29, 0.717) is 16.3 Å². The molecule has 1 heterocycles. The second-order valence-corrected chi connectivity index (χ2v) is 4.81. The number of carbonyl (C=O) groups is 1. The lowest BCUT2D eigenvalue weighted by Crippen LogP contribution is -2.02. The number of furan rings is 1. The molecular formula is C16H11ClO2. The highest BCUT2D eigenvalue weighted by molar-refractivity contribution is 6.36. The molecule has 0 fully saturated rings. The number of benzene rings is 2. The summed E-state index contributed by atoms with van der Waals surface area (Å²) in [4.78, 5) is 12.5. The van der Waals surface area contributed by atoms with Crippen LogP contribution in [-0.4, -0.2) is 5.78 Å². The summed E-state index contributed by atoms with van der Waals surface area (Å²) in [6, 6.07) is 12.9. The fourth-order valence-corrected chi connectivity index (χ4v) is 2.42. The number of aryl methyl sites for hydroxylation is 1. The SMILES string of the molecule is Cc1ccoc1C(=O)c1ccc(Cl)c2ccccc12. The van der Waals surface area contributed by atoms with E-state index in [0.717, 1.165) is 16.3 Å². The van der Waals surface area contributed by atoms with Crippen molar-refractivity contribution in [1.82, 2.24) is 0 Å². The van der Waals surface area contributed by atoms with E-state index in [2.05, 4.69) is 0 Å². The van der Waals surface area contributed by atoms with Crippen LogP contribution in [0.2, 0.25) is 5.02 Å². The van der Waals surface area contributed by atoms with Gasteiger partial charge in [-0.1, -0.05) is 35.9 Å². The molecule has 3 heteroatoms. The van der Waals surface area contributed by atoms with Gasteiger partial charge in [-0.2, -0.15) is 0 Å². The maximum absolute atomic E-state index is 12.5. The van der Waals surface area contributed by atoms with Crippen molar-refractivity contribution in [2.45, 2.75) is 6.92 Å². The van der Waals surface area contributed by atoms with Crippen LogP contribution in [0.15, 0.2) is 53.1 Å². The molecule has 0 aliphatic heterocycles. The van der Waals surface area contributed by atoms with Gasteiger partial charge in [-0.15, -0.1) is 0 Å². The standard InChI is InChI=1S/C16H11ClO2/c1-10-8-9-19-16(10)15(18)13-6-7-14(17)12-5-3-2-4-11(12)13/h2-9H,1H3. The Bertz CT molecular complexity index is 771. The molecule has 0 saturated carbocycles. The Morgan fingerprint density at radius 1 is 1.05 bits per heavy atom. The van der Waals surface area contributed by atoms with E-state index >= 15 is 0 Å². The zero-order valence-corrected chi connectivity index (χ0v) is 11.1. The summed E-state index contributed by atoms with van der Waals surface area (Å²) < 4.78 is 5.28. The first-order valence-corrected chi connectivity index (χ1v) is 6.32. The van der Waals surface area contributed by atoms with Crippen molar-refractivity contribution in [3.63, 3.8) is 0 Å². The Kier molecular flexibility index (Phi) is 2.88. The number of halogens is 1. The third kappa shape index (κ3) is 1.94. The number of hydrogen-bond acceptors (Lipinski definition) is 2. The van der Waals surface area contributed by atoms with Gasteiger partial charge in [0.25, 0.3) is 0 Å². The molecule has 0 amide bonds. The number of rotatable bonds is 2. The summed E-state index contributed by atoms with van der Waals surface area (Å²) in [7, 11) is 0. The van der Waals surface area contributed by atoms with Crippen molar-refractivity contribution in [3.05, 3.63) is 70.6 Å². The number of carbonyl (C=O) groups excluding carboxylic acids is 1. The molecule has 0 bridgehead atoms. The molecule has 0 atom stereocenters. The van der Waals surface area contributed by atoms with Crippen molar-refractivity contribution < 1.29 is 9.21 Å². The molecule has 0 aliphatic rings. The monoisotopic (exact) mass is 270 g/mol. The highest BCUT2D eigenvalue weighted by atomic mass is 35.5. The van der Waals surface area contributed by atoms with Crippen molar-refractivity contribution in [2.75, 3.05) is 0 Å². The van der Waals surface area contributed by atoms with Gasteiger partial charge in [0.15, 0.2) is 5.76 Å². The van der Waals surface area contributed by atoms with Gasteiger partial charge in [0, 0.05) is 16.0 Å². The molecule has 0 unspecified atom stereocenters. The van der Waals surface area contributed by atoms with E-state index in [1.165, 1.54) is 6.26 Å². The van der Waals surface area contributed by atoms with Crippen molar-refractivity contribution in [1.29, 1.82) is 0 Å². The lowest BCUT2D eigenvalue weighted by molar-refractivity contribution is 0.101. The second-order valence-electron chi connectivity index (χ2n) is 4.40. The fraction of sp³-hybridized carbons (Fsp3) is 0.0625. The van der Waals surface area contributed by atoms with E-state index in [-0.39, 0.29) is 5.78 Å². The normalized spacial score (nSPS) is 10.8. The van der Waals surface area contributed by atoms with Gasteiger partial charge >= 0.3 is 0 Å². The van der Waals surface area contributed by atoms with Crippen molar-refractivity contribution in [2.24, 2.45) is 0 Å². The van der Waals surface area contributed by atoms with Crippen LogP contribution in [0.4, 0.5) is 0 Å². The van der Waals surface area contributed by atoms with Crippen LogP contribution < -0.4 is 0 Å². The third-order valence-electron chi connectivity index (χ3n) is 3.18. The average Bonchev–Trinajstić information content (AvgIpc) is 2.85. The van der Waals surface area contributed by atoms with E-state index in [1.807, 2.05) is 31.2 Å². The molecule has 2 aromatic carbocycles. The van der Waals surface area contributed by atoms with Gasteiger partial charge in [-0.05, 0) is 36.1 Å². The number of ketones is 1. The summed E-state index contributed by atoms with van der Waals surface area (Å²) in [5, 5.41) is 2.36. The minimum Gasteiger partial charge on any atom is -0.461 e. The summed E-state index contributed by atoms with van der Waals surface area (Å²) in [5.74, 6) is 0.267. The molecule has 2 nitrogen and oxygen atoms in total. The Hall–Kier alpha value is -2.06. The van der Waals surface area contributed by atoms with E-state index in [1.54, 1.807) is 18.2 Å². The zero-order valence-electron chi connectivity index (χ0n) is 10.3. The van der Waals surface area contributed by atoms with E-state index in [9.17, 15) is 4.79 Å². The third-order valence-corrected chi connectivity index (χ3v) is 3.51. The maximum Gasteiger partial charge on any atom is 0.229 e. The molecule has 1 aromatic heterocycles. The summed E-state index contributed by atoms with van der Waals surface area (Å²) in [6.45, 7) is 1.86. The Labute approximate surface area is 115 Å². The molecule has 94 valence electrons. The largest absolute Gasteiger partial charge is 0.461 e. The van der Waals surface area contributed by atoms with Gasteiger partial charge in [0.05, 0.1) is 6.26 Å². The maximum atomic E-state index is 12.5. The van der Waals surface area contributed by atoms with Gasteiger partial charge < -0.3 is 4.42 Å². The minimum absolute atomic E-state index is 0.115. The fourth-order valence-electron chi connectivity index (χ4n) is 2.19. The Morgan fingerprint density at radius 2 is 1.79 bits per heavy atom. The van der Waals surface area contributed by atoms with Crippen LogP contribution in [0.3, 0.4) is 0 Å². The first-order chi connectivity index (χ1) is 9.18. The van der Waals surface area contributed by atoms with Crippen LogP contribution in [0.1, 0.15) is 21.7 Å². The lowest BCUT2D eigenvalue weighted by Gasteiger charge is -2.06. The van der Waals surface area contributed by atoms with Crippen LogP contribution in [0, 0.1) is 6.92 Å². The molecule has 3 aromatic rings. The molecule has 0 radical (unpaired) electrons.